The van der Waals surface area contributed by atoms with Gasteiger partial charge in [-0.15, -0.1) is 0 Å². The summed E-state index contributed by atoms with van der Waals surface area (Å²) in [5.74, 6) is -1.17. The number of hydrogen-bond donors (Lipinski definition) is 1. The molecule has 0 bridgehead atoms. The van der Waals surface area contributed by atoms with Crippen LogP contribution in [0.25, 0.3) is 5.76 Å². The van der Waals surface area contributed by atoms with E-state index in [1.165, 1.54) is 7.11 Å². The second kappa shape index (κ2) is 7.87. The van der Waals surface area contributed by atoms with Crippen LogP contribution in [0.1, 0.15) is 43.0 Å². The fourth-order valence-corrected chi connectivity index (χ4v) is 4.39. The van der Waals surface area contributed by atoms with Crippen LogP contribution in [0.15, 0.2) is 48.2 Å². The lowest BCUT2D eigenvalue weighted by atomic mass is 9.97. The SMILES string of the molecule is COc1cc(/C(O)=C2/C(=O)C(=O)N(C3CCCC3)C2c2ccccn2)ccc1Cl. The number of hydrogen-bond acceptors (Lipinski definition) is 5. The van der Waals surface area contributed by atoms with E-state index >= 15 is 0 Å². The van der Waals surface area contributed by atoms with Gasteiger partial charge < -0.3 is 14.7 Å². The van der Waals surface area contributed by atoms with Crippen LogP contribution in [0, 0.1) is 0 Å². The fourth-order valence-electron chi connectivity index (χ4n) is 4.20. The van der Waals surface area contributed by atoms with Crippen LogP contribution in [0.4, 0.5) is 0 Å². The molecule has 2 fully saturated rings. The molecule has 150 valence electrons. The van der Waals surface area contributed by atoms with Gasteiger partial charge in [0.15, 0.2) is 0 Å². The average Bonchev–Trinajstić information content (AvgIpc) is 3.35. The Bertz CT molecular complexity index is 984. The van der Waals surface area contributed by atoms with Crippen LogP contribution in [0.3, 0.4) is 0 Å². The standard InChI is InChI=1S/C22H21ClN2O4/c1-29-17-12-13(9-10-15(17)23)20(26)18-19(16-8-4-5-11-24-16)25(22(28)21(18)27)14-6-2-3-7-14/h4-5,8-12,14,19,26H,2-3,6-7H2,1H3/b20-18-. The number of carbonyl (C=O) groups excluding carboxylic acids is 2. The summed E-state index contributed by atoms with van der Waals surface area (Å²) in [5.41, 5.74) is 0.961. The molecule has 0 radical (unpaired) electrons. The molecular formula is C22H21ClN2O4. The lowest BCUT2D eigenvalue weighted by Gasteiger charge is -2.30. The molecule has 0 spiro atoms. The van der Waals surface area contributed by atoms with Crippen molar-refractivity contribution < 1.29 is 19.4 Å². The van der Waals surface area contributed by atoms with Crippen LogP contribution in [0.2, 0.25) is 5.02 Å². The minimum atomic E-state index is -0.721. The maximum atomic E-state index is 13.0. The van der Waals surface area contributed by atoms with Crippen LogP contribution < -0.4 is 4.74 Å². The van der Waals surface area contributed by atoms with Gasteiger partial charge in [-0.05, 0) is 43.2 Å². The Balaban J connectivity index is 1.88. The van der Waals surface area contributed by atoms with Gasteiger partial charge in [-0.1, -0.05) is 30.5 Å². The molecule has 1 atom stereocenters. The Labute approximate surface area is 173 Å². The number of nitrogens with zero attached hydrogens (tertiary/aromatic N) is 2. The molecule has 4 rings (SSSR count). The van der Waals surface area contributed by atoms with Gasteiger partial charge in [0, 0.05) is 17.8 Å². The van der Waals surface area contributed by atoms with E-state index in [0.29, 0.717) is 22.0 Å². The van der Waals surface area contributed by atoms with Gasteiger partial charge in [0.25, 0.3) is 11.7 Å². The first-order valence-electron chi connectivity index (χ1n) is 9.58. The molecule has 1 unspecified atom stereocenters. The summed E-state index contributed by atoms with van der Waals surface area (Å²) in [6, 6.07) is 9.32. The number of pyridine rings is 1. The molecule has 1 aliphatic heterocycles. The number of methoxy groups -OCH3 is 1. The highest BCUT2D eigenvalue weighted by atomic mass is 35.5. The molecule has 1 saturated heterocycles. The topological polar surface area (TPSA) is 79.7 Å². The summed E-state index contributed by atoms with van der Waals surface area (Å²) in [4.78, 5) is 32.0. The largest absolute Gasteiger partial charge is 0.507 e. The van der Waals surface area contributed by atoms with E-state index in [9.17, 15) is 14.7 Å². The highest BCUT2D eigenvalue weighted by Crippen LogP contribution is 2.43. The number of benzene rings is 1. The lowest BCUT2D eigenvalue weighted by molar-refractivity contribution is -0.141. The molecule has 2 aromatic rings. The number of aliphatic hydroxyl groups excluding tert-OH is 1. The Hall–Kier alpha value is -2.86. The number of likely N-dealkylation sites (tertiary alicyclic amines) is 1. The van der Waals surface area contributed by atoms with Crippen molar-refractivity contribution in [3.8, 4) is 5.75 Å². The number of Topliss-reactive ketones (excluding diaryl/α,β-unsaturated/α-hetero) is 1. The molecule has 29 heavy (non-hydrogen) atoms. The molecule has 1 aromatic carbocycles. The molecule has 1 aliphatic carbocycles. The Kier molecular flexibility index (Phi) is 5.28. The second-order valence-corrected chi connectivity index (χ2v) is 7.66. The summed E-state index contributed by atoms with van der Waals surface area (Å²) in [6.45, 7) is 0. The monoisotopic (exact) mass is 412 g/mol. The predicted molar refractivity (Wildman–Crippen MR) is 109 cm³/mol. The zero-order valence-corrected chi connectivity index (χ0v) is 16.7. The number of ketones is 1. The van der Waals surface area contributed by atoms with E-state index in [-0.39, 0.29) is 17.4 Å². The first-order valence-corrected chi connectivity index (χ1v) is 9.95. The third kappa shape index (κ3) is 3.38. The maximum Gasteiger partial charge on any atom is 0.295 e. The van der Waals surface area contributed by atoms with Crippen molar-refractivity contribution in [2.24, 2.45) is 0 Å². The predicted octanol–water partition coefficient (Wildman–Crippen LogP) is 4.11. The molecule has 7 heteroatoms. The minimum Gasteiger partial charge on any atom is -0.507 e. The number of ether oxygens (including phenoxy) is 1. The third-order valence-corrected chi connectivity index (χ3v) is 5.90. The molecular weight excluding hydrogens is 392 g/mol. The quantitative estimate of drug-likeness (QED) is 0.464. The van der Waals surface area contributed by atoms with E-state index in [0.717, 1.165) is 25.7 Å². The second-order valence-electron chi connectivity index (χ2n) is 7.25. The Morgan fingerprint density at radius 3 is 2.62 bits per heavy atom. The highest BCUT2D eigenvalue weighted by Gasteiger charge is 2.49. The summed E-state index contributed by atoms with van der Waals surface area (Å²) < 4.78 is 5.22. The van der Waals surface area contributed by atoms with Gasteiger partial charge in [0.05, 0.1) is 23.4 Å². The number of amides is 1. The van der Waals surface area contributed by atoms with E-state index in [1.807, 2.05) is 6.07 Å². The van der Waals surface area contributed by atoms with Crippen molar-refractivity contribution in [1.82, 2.24) is 9.88 Å². The number of carbonyl (C=O) groups is 2. The van der Waals surface area contributed by atoms with Crippen LogP contribution >= 0.6 is 11.6 Å². The number of halogens is 1. The number of aromatic nitrogens is 1. The van der Waals surface area contributed by atoms with Gasteiger partial charge in [0.1, 0.15) is 17.6 Å². The van der Waals surface area contributed by atoms with Gasteiger partial charge in [-0.2, -0.15) is 0 Å². The van der Waals surface area contributed by atoms with Crippen LogP contribution in [-0.4, -0.2) is 39.8 Å². The van der Waals surface area contributed by atoms with Crippen LogP contribution in [-0.2, 0) is 9.59 Å². The highest BCUT2D eigenvalue weighted by molar-refractivity contribution is 6.46. The first kappa shape index (κ1) is 19.5. The molecule has 2 aliphatic rings. The van der Waals surface area contributed by atoms with Gasteiger partial charge >= 0.3 is 0 Å². The third-order valence-electron chi connectivity index (χ3n) is 5.59. The zero-order chi connectivity index (χ0) is 20.5. The van der Waals surface area contributed by atoms with E-state index in [4.69, 9.17) is 16.3 Å². The van der Waals surface area contributed by atoms with E-state index in [1.54, 1.807) is 41.4 Å². The summed E-state index contributed by atoms with van der Waals surface area (Å²) in [5, 5.41) is 11.5. The summed E-state index contributed by atoms with van der Waals surface area (Å²) in [7, 11) is 1.47. The summed E-state index contributed by atoms with van der Waals surface area (Å²) in [6.07, 6.45) is 5.32. The number of aliphatic hydroxyl groups is 1. The van der Waals surface area contributed by atoms with Gasteiger partial charge in [-0.3, -0.25) is 14.6 Å². The van der Waals surface area contributed by atoms with Gasteiger partial charge in [0.2, 0.25) is 0 Å². The van der Waals surface area contributed by atoms with Crippen molar-refractivity contribution in [3.63, 3.8) is 0 Å². The van der Waals surface area contributed by atoms with Crippen molar-refractivity contribution in [2.75, 3.05) is 7.11 Å². The fraction of sp³-hybridized carbons (Fsp3) is 0.318. The van der Waals surface area contributed by atoms with Crippen molar-refractivity contribution in [3.05, 3.63) is 64.4 Å². The molecule has 1 saturated carbocycles. The average molecular weight is 413 g/mol. The zero-order valence-electron chi connectivity index (χ0n) is 16.0. The number of rotatable bonds is 4. The molecule has 1 aromatic heterocycles. The molecule has 1 N–H and O–H groups in total. The minimum absolute atomic E-state index is 0.0384. The van der Waals surface area contributed by atoms with Crippen molar-refractivity contribution >= 4 is 29.1 Å². The smallest absolute Gasteiger partial charge is 0.295 e. The Morgan fingerprint density at radius 1 is 1.21 bits per heavy atom. The van der Waals surface area contributed by atoms with E-state index < -0.39 is 17.7 Å². The lowest BCUT2D eigenvalue weighted by Crippen LogP contribution is -2.37. The molecule has 1 amide bonds. The van der Waals surface area contributed by atoms with Crippen LogP contribution in [0.5, 0.6) is 5.75 Å². The van der Waals surface area contributed by atoms with E-state index in [2.05, 4.69) is 4.98 Å². The van der Waals surface area contributed by atoms with Crippen molar-refractivity contribution in [1.29, 1.82) is 0 Å². The first-order chi connectivity index (χ1) is 14.0. The molecule has 2 heterocycles. The van der Waals surface area contributed by atoms with Crippen molar-refractivity contribution in [2.45, 2.75) is 37.8 Å². The van der Waals surface area contributed by atoms with Gasteiger partial charge in [-0.25, -0.2) is 0 Å². The Morgan fingerprint density at radius 2 is 1.97 bits per heavy atom. The summed E-state index contributed by atoms with van der Waals surface area (Å²) >= 11 is 6.08. The normalized spacial score (nSPS) is 21.7. The maximum absolute atomic E-state index is 13.0. The molecule has 6 nitrogen and oxygen atoms in total.